The maximum Gasteiger partial charge on any atom is 0.203 e. The lowest BCUT2D eigenvalue weighted by molar-refractivity contribution is 0.161. The lowest BCUT2D eigenvalue weighted by atomic mass is 10.1. The molecule has 106 valence electrons. The summed E-state index contributed by atoms with van der Waals surface area (Å²) in [6.07, 6.45) is 2.26. The molecule has 5 heteroatoms. The molecule has 1 fully saturated rings. The Bertz CT molecular complexity index is 391. The van der Waals surface area contributed by atoms with Gasteiger partial charge in [-0.05, 0) is 25.9 Å². The summed E-state index contributed by atoms with van der Waals surface area (Å²) in [5.74, 6) is 2.57. The fourth-order valence-electron chi connectivity index (χ4n) is 2.23. The van der Waals surface area contributed by atoms with Crippen LogP contribution in [0.1, 0.15) is 12.8 Å². The first-order valence-electron chi connectivity index (χ1n) is 6.46. The van der Waals surface area contributed by atoms with Gasteiger partial charge in [0.15, 0.2) is 11.5 Å². The second kappa shape index (κ2) is 6.52. The van der Waals surface area contributed by atoms with E-state index in [0.29, 0.717) is 17.2 Å². The smallest absolute Gasteiger partial charge is 0.203 e. The van der Waals surface area contributed by atoms with Crippen LogP contribution in [0.15, 0.2) is 12.1 Å². The van der Waals surface area contributed by atoms with Crippen molar-refractivity contribution in [3.8, 4) is 23.0 Å². The van der Waals surface area contributed by atoms with Crippen LogP contribution >= 0.6 is 0 Å². The zero-order chi connectivity index (χ0) is 13.7. The van der Waals surface area contributed by atoms with Crippen LogP contribution in [0, 0.1) is 0 Å². The second-order valence-corrected chi connectivity index (χ2v) is 4.43. The lowest BCUT2D eigenvalue weighted by Crippen LogP contribution is -2.34. The van der Waals surface area contributed by atoms with Crippen LogP contribution in [0.4, 0.5) is 0 Å². The molecule has 0 amide bonds. The van der Waals surface area contributed by atoms with Crippen molar-refractivity contribution >= 4 is 0 Å². The van der Waals surface area contributed by atoms with Crippen molar-refractivity contribution in [2.45, 2.75) is 18.9 Å². The molecule has 0 saturated carbocycles. The Balaban J connectivity index is 2.20. The number of hydrogen-bond donors (Lipinski definition) is 1. The molecule has 5 nitrogen and oxygen atoms in total. The first-order chi connectivity index (χ1) is 9.28. The number of benzene rings is 1. The van der Waals surface area contributed by atoms with Crippen LogP contribution < -0.4 is 24.3 Å². The van der Waals surface area contributed by atoms with Crippen molar-refractivity contribution in [1.82, 2.24) is 5.32 Å². The quantitative estimate of drug-likeness (QED) is 0.882. The lowest BCUT2D eigenvalue weighted by Gasteiger charge is -2.24. The molecular weight excluding hydrogens is 246 g/mol. The number of rotatable bonds is 5. The molecule has 0 unspecified atom stereocenters. The summed E-state index contributed by atoms with van der Waals surface area (Å²) < 4.78 is 21.9. The second-order valence-electron chi connectivity index (χ2n) is 4.43. The fraction of sp³-hybridized carbons (Fsp3) is 0.571. The standard InChI is InChI=1S/C14H21NO4/c1-16-12-8-11(9-13(17-2)14(12)18-3)19-10-4-6-15-7-5-10/h8-10,15H,4-7H2,1-3H3. The normalized spacial score (nSPS) is 15.9. The van der Waals surface area contributed by atoms with Crippen LogP contribution in [0.25, 0.3) is 0 Å². The Morgan fingerprint density at radius 2 is 1.53 bits per heavy atom. The van der Waals surface area contributed by atoms with E-state index in [0.717, 1.165) is 31.7 Å². The Morgan fingerprint density at radius 1 is 0.947 bits per heavy atom. The maximum absolute atomic E-state index is 5.98. The molecule has 1 aliphatic rings. The van der Waals surface area contributed by atoms with Gasteiger partial charge in [-0.25, -0.2) is 0 Å². The molecule has 1 aromatic carbocycles. The Labute approximate surface area is 113 Å². The highest BCUT2D eigenvalue weighted by Gasteiger charge is 2.18. The monoisotopic (exact) mass is 267 g/mol. The summed E-state index contributed by atoms with van der Waals surface area (Å²) >= 11 is 0. The van der Waals surface area contributed by atoms with Gasteiger partial charge < -0.3 is 24.3 Å². The molecule has 0 aromatic heterocycles. The largest absolute Gasteiger partial charge is 0.493 e. The van der Waals surface area contributed by atoms with Crippen LogP contribution in [-0.4, -0.2) is 40.5 Å². The van der Waals surface area contributed by atoms with Gasteiger partial charge in [0.05, 0.1) is 21.3 Å². The SMILES string of the molecule is COc1cc(OC2CCNCC2)cc(OC)c1OC. The molecule has 19 heavy (non-hydrogen) atoms. The van der Waals surface area contributed by atoms with Gasteiger partial charge in [0, 0.05) is 12.1 Å². The van der Waals surface area contributed by atoms with Crippen molar-refractivity contribution in [3.63, 3.8) is 0 Å². The number of hydrogen-bond acceptors (Lipinski definition) is 5. The highest BCUT2D eigenvalue weighted by molar-refractivity contribution is 5.55. The molecule has 1 aromatic rings. The van der Waals surface area contributed by atoms with E-state index in [1.807, 2.05) is 12.1 Å². The minimum absolute atomic E-state index is 0.240. The maximum atomic E-state index is 5.98. The molecule has 0 atom stereocenters. The van der Waals surface area contributed by atoms with E-state index >= 15 is 0 Å². The highest BCUT2D eigenvalue weighted by Crippen LogP contribution is 2.41. The third kappa shape index (κ3) is 3.23. The minimum atomic E-state index is 0.240. The Morgan fingerprint density at radius 3 is 2.00 bits per heavy atom. The van der Waals surface area contributed by atoms with Gasteiger partial charge in [-0.3, -0.25) is 0 Å². The molecule has 2 rings (SSSR count). The van der Waals surface area contributed by atoms with E-state index in [1.165, 1.54) is 0 Å². The van der Waals surface area contributed by atoms with Crippen molar-refractivity contribution in [1.29, 1.82) is 0 Å². The number of piperidine rings is 1. The average Bonchev–Trinajstić information content (AvgIpc) is 2.47. The Hall–Kier alpha value is -1.62. The molecule has 1 heterocycles. The van der Waals surface area contributed by atoms with Gasteiger partial charge in [-0.15, -0.1) is 0 Å². The summed E-state index contributed by atoms with van der Waals surface area (Å²) in [4.78, 5) is 0. The summed E-state index contributed by atoms with van der Waals surface area (Å²) in [6, 6.07) is 3.67. The predicted molar refractivity (Wildman–Crippen MR) is 72.6 cm³/mol. The van der Waals surface area contributed by atoms with Crippen LogP contribution in [0.5, 0.6) is 23.0 Å². The first kappa shape index (κ1) is 13.8. The summed E-state index contributed by atoms with van der Waals surface area (Å²) in [7, 11) is 4.80. The number of nitrogens with one attached hydrogen (secondary N) is 1. The van der Waals surface area contributed by atoms with Gasteiger partial charge >= 0.3 is 0 Å². The van der Waals surface area contributed by atoms with Gasteiger partial charge in [0.2, 0.25) is 5.75 Å². The summed E-state index contributed by atoms with van der Waals surface area (Å²) in [6.45, 7) is 1.99. The fourth-order valence-corrected chi connectivity index (χ4v) is 2.23. The molecule has 0 spiro atoms. The van der Waals surface area contributed by atoms with E-state index in [-0.39, 0.29) is 6.10 Å². The molecule has 1 N–H and O–H groups in total. The van der Waals surface area contributed by atoms with Gasteiger partial charge in [-0.1, -0.05) is 0 Å². The van der Waals surface area contributed by atoms with Crippen molar-refractivity contribution in [2.75, 3.05) is 34.4 Å². The zero-order valence-corrected chi connectivity index (χ0v) is 11.7. The average molecular weight is 267 g/mol. The molecule has 0 bridgehead atoms. The van der Waals surface area contributed by atoms with E-state index in [1.54, 1.807) is 21.3 Å². The highest BCUT2D eigenvalue weighted by atomic mass is 16.5. The Kier molecular flexibility index (Phi) is 4.74. The van der Waals surface area contributed by atoms with Crippen LogP contribution in [0.3, 0.4) is 0 Å². The number of ether oxygens (including phenoxy) is 4. The minimum Gasteiger partial charge on any atom is -0.493 e. The molecule has 0 radical (unpaired) electrons. The third-order valence-electron chi connectivity index (χ3n) is 3.23. The molecule has 1 aliphatic heterocycles. The van der Waals surface area contributed by atoms with E-state index < -0.39 is 0 Å². The number of methoxy groups -OCH3 is 3. The molecule has 0 aliphatic carbocycles. The van der Waals surface area contributed by atoms with Crippen LogP contribution in [0.2, 0.25) is 0 Å². The molecule has 1 saturated heterocycles. The topological polar surface area (TPSA) is 49.0 Å². The molecular formula is C14H21NO4. The third-order valence-corrected chi connectivity index (χ3v) is 3.23. The van der Waals surface area contributed by atoms with E-state index in [9.17, 15) is 0 Å². The zero-order valence-electron chi connectivity index (χ0n) is 11.7. The summed E-state index contributed by atoms with van der Waals surface area (Å²) in [5, 5.41) is 3.31. The van der Waals surface area contributed by atoms with Crippen molar-refractivity contribution in [2.24, 2.45) is 0 Å². The first-order valence-corrected chi connectivity index (χ1v) is 6.46. The predicted octanol–water partition coefficient (Wildman–Crippen LogP) is 1.84. The van der Waals surface area contributed by atoms with E-state index in [2.05, 4.69) is 5.32 Å². The summed E-state index contributed by atoms with van der Waals surface area (Å²) in [5.41, 5.74) is 0. The van der Waals surface area contributed by atoms with Gasteiger partial charge in [-0.2, -0.15) is 0 Å². The van der Waals surface area contributed by atoms with Crippen molar-refractivity contribution in [3.05, 3.63) is 12.1 Å². The van der Waals surface area contributed by atoms with Crippen molar-refractivity contribution < 1.29 is 18.9 Å². The van der Waals surface area contributed by atoms with Crippen LogP contribution in [-0.2, 0) is 0 Å². The van der Waals surface area contributed by atoms with Gasteiger partial charge in [0.1, 0.15) is 11.9 Å². The van der Waals surface area contributed by atoms with Gasteiger partial charge in [0.25, 0.3) is 0 Å². The van der Waals surface area contributed by atoms with E-state index in [4.69, 9.17) is 18.9 Å².